The Bertz CT molecular complexity index is 770. The van der Waals surface area contributed by atoms with E-state index in [1.54, 1.807) is 25.1 Å². The number of aromatic nitrogens is 2. The fourth-order valence-electron chi connectivity index (χ4n) is 2.52. The molecule has 8 nitrogen and oxygen atoms in total. The molecule has 0 aliphatic carbocycles. The smallest absolute Gasteiger partial charge is 0.274 e. The number of hydrogen-bond donors (Lipinski definition) is 2. The molecule has 2 aromatic rings. The summed E-state index contributed by atoms with van der Waals surface area (Å²) in [7, 11) is 4.56. The number of carbonyl (C=O) groups excluding carboxylic acids is 1. The number of carbonyl (C=O) groups is 1. The minimum absolute atomic E-state index is 0.273. The van der Waals surface area contributed by atoms with Crippen LogP contribution >= 0.6 is 0 Å². The summed E-state index contributed by atoms with van der Waals surface area (Å²) >= 11 is 0. The van der Waals surface area contributed by atoms with Crippen molar-refractivity contribution in [2.24, 2.45) is 0 Å². The van der Waals surface area contributed by atoms with E-state index in [1.807, 2.05) is 0 Å². The molecule has 1 heterocycles. The third-order valence-electron chi connectivity index (χ3n) is 3.83. The number of nitrogens with one attached hydrogen (secondary N) is 2. The van der Waals surface area contributed by atoms with Gasteiger partial charge in [0.05, 0.1) is 21.3 Å². The molecule has 146 valence electrons. The van der Waals surface area contributed by atoms with E-state index in [9.17, 15) is 4.79 Å². The van der Waals surface area contributed by atoms with Crippen LogP contribution in [0.3, 0.4) is 0 Å². The second kappa shape index (κ2) is 9.61. The molecule has 0 atom stereocenters. The maximum absolute atomic E-state index is 12.7. The van der Waals surface area contributed by atoms with Crippen molar-refractivity contribution in [1.29, 1.82) is 0 Å². The quantitative estimate of drug-likeness (QED) is 0.651. The number of nitrogens with zero attached hydrogens (tertiary/aromatic N) is 2. The monoisotopic (exact) mass is 374 g/mol. The van der Waals surface area contributed by atoms with Crippen molar-refractivity contribution in [3.05, 3.63) is 29.7 Å². The molecule has 0 aliphatic heterocycles. The van der Waals surface area contributed by atoms with Crippen molar-refractivity contribution in [3.8, 4) is 17.2 Å². The van der Waals surface area contributed by atoms with Gasteiger partial charge in [-0.3, -0.25) is 4.79 Å². The zero-order chi connectivity index (χ0) is 19.8. The van der Waals surface area contributed by atoms with Gasteiger partial charge in [0.15, 0.2) is 11.5 Å². The Morgan fingerprint density at radius 1 is 1.04 bits per heavy atom. The minimum atomic E-state index is -0.353. The summed E-state index contributed by atoms with van der Waals surface area (Å²) in [5.74, 6) is 2.16. The fraction of sp³-hybridized carbons (Fsp3) is 0.421. The number of anilines is 2. The van der Waals surface area contributed by atoms with Gasteiger partial charge in [0.25, 0.3) is 5.91 Å². The number of amides is 1. The van der Waals surface area contributed by atoms with Gasteiger partial charge in [-0.05, 0) is 13.3 Å². The summed E-state index contributed by atoms with van der Waals surface area (Å²) < 4.78 is 15.9. The molecule has 0 bridgehead atoms. The minimum Gasteiger partial charge on any atom is -0.493 e. The molecular formula is C19H26N4O4. The van der Waals surface area contributed by atoms with Crippen LogP contribution in [0.2, 0.25) is 0 Å². The molecule has 27 heavy (non-hydrogen) atoms. The largest absolute Gasteiger partial charge is 0.493 e. The summed E-state index contributed by atoms with van der Waals surface area (Å²) in [5, 5.41) is 6.02. The van der Waals surface area contributed by atoms with Crippen LogP contribution in [0.5, 0.6) is 17.2 Å². The summed E-state index contributed by atoms with van der Waals surface area (Å²) in [5.41, 5.74) is 0.779. The molecule has 2 N–H and O–H groups in total. The molecule has 1 aromatic heterocycles. The van der Waals surface area contributed by atoms with Crippen molar-refractivity contribution in [2.45, 2.75) is 26.7 Å². The number of benzene rings is 1. The lowest BCUT2D eigenvalue weighted by atomic mass is 10.2. The first-order valence-corrected chi connectivity index (χ1v) is 8.73. The normalized spacial score (nSPS) is 10.3. The van der Waals surface area contributed by atoms with Crippen molar-refractivity contribution in [3.63, 3.8) is 0 Å². The molecule has 0 saturated carbocycles. The van der Waals surface area contributed by atoms with Gasteiger partial charge in [-0.25, -0.2) is 9.97 Å². The van der Waals surface area contributed by atoms with Crippen molar-refractivity contribution < 1.29 is 19.0 Å². The predicted molar refractivity (Wildman–Crippen MR) is 104 cm³/mol. The van der Waals surface area contributed by atoms with Crippen LogP contribution in [0, 0.1) is 6.92 Å². The van der Waals surface area contributed by atoms with Crippen LogP contribution in [0.1, 0.15) is 36.1 Å². The third kappa shape index (κ3) is 5.22. The summed E-state index contributed by atoms with van der Waals surface area (Å²) in [4.78, 5) is 21.2. The number of hydrogen-bond acceptors (Lipinski definition) is 7. The standard InChI is InChI=1S/C19H26N4O4/c1-6-7-8-20-17-11-14(21-12(2)22-17)19(24)23-13-9-15(25-3)18(27-5)16(10-13)26-4/h9-11H,6-8H2,1-5H3,(H,23,24)(H,20,21,22). The maximum Gasteiger partial charge on any atom is 0.274 e. The Labute approximate surface area is 159 Å². The maximum atomic E-state index is 12.7. The molecule has 0 radical (unpaired) electrons. The van der Waals surface area contributed by atoms with Crippen LogP contribution in [-0.2, 0) is 0 Å². The molecule has 1 aromatic carbocycles. The van der Waals surface area contributed by atoms with Gasteiger partial charge in [0.1, 0.15) is 17.3 Å². The molecule has 0 spiro atoms. The van der Waals surface area contributed by atoms with Crippen molar-refractivity contribution in [2.75, 3.05) is 38.5 Å². The van der Waals surface area contributed by atoms with Crippen LogP contribution in [0.15, 0.2) is 18.2 Å². The SMILES string of the molecule is CCCCNc1cc(C(=O)Nc2cc(OC)c(OC)c(OC)c2)nc(C)n1. The average Bonchev–Trinajstić information content (AvgIpc) is 2.66. The van der Waals surface area contributed by atoms with E-state index in [4.69, 9.17) is 14.2 Å². The second-order valence-electron chi connectivity index (χ2n) is 5.83. The van der Waals surface area contributed by atoms with Gasteiger partial charge in [0, 0.05) is 30.4 Å². The van der Waals surface area contributed by atoms with E-state index in [2.05, 4.69) is 27.5 Å². The molecule has 2 rings (SSSR count). The highest BCUT2D eigenvalue weighted by Gasteiger charge is 2.16. The molecule has 0 aliphatic rings. The van der Waals surface area contributed by atoms with Crippen molar-refractivity contribution >= 4 is 17.4 Å². The highest BCUT2D eigenvalue weighted by molar-refractivity contribution is 6.03. The molecule has 0 unspecified atom stereocenters. The van der Waals surface area contributed by atoms with Gasteiger partial charge >= 0.3 is 0 Å². The number of aryl methyl sites for hydroxylation is 1. The van der Waals surface area contributed by atoms with Crippen LogP contribution in [0.4, 0.5) is 11.5 Å². The molecule has 0 saturated heterocycles. The van der Waals surface area contributed by atoms with Crippen molar-refractivity contribution in [1.82, 2.24) is 9.97 Å². The molecular weight excluding hydrogens is 348 g/mol. The highest BCUT2D eigenvalue weighted by atomic mass is 16.5. The Hall–Kier alpha value is -3.03. The van der Waals surface area contributed by atoms with E-state index >= 15 is 0 Å². The summed E-state index contributed by atoms with van der Waals surface area (Å²) in [6.07, 6.45) is 2.10. The molecule has 0 fully saturated rings. The predicted octanol–water partition coefficient (Wildman–Crippen LogP) is 3.28. The van der Waals surface area contributed by atoms with E-state index in [0.29, 0.717) is 34.6 Å². The first-order valence-electron chi connectivity index (χ1n) is 8.73. The van der Waals surface area contributed by atoms with E-state index in [-0.39, 0.29) is 11.6 Å². The van der Waals surface area contributed by atoms with Gasteiger partial charge < -0.3 is 24.8 Å². The average molecular weight is 374 g/mol. The second-order valence-corrected chi connectivity index (χ2v) is 5.83. The van der Waals surface area contributed by atoms with Gasteiger partial charge in [-0.2, -0.15) is 0 Å². The lowest BCUT2D eigenvalue weighted by Gasteiger charge is -2.14. The third-order valence-corrected chi connectivity index (χ3v) is 3.83. The number of methoxy groups -OCH3 is 3. The lowest BCUT2D eigenvalue weighted by molar-refractivity contribution is 0.102. The Morgan fingerprint density at radius 2 is 1.70 bits per heavy atom. The van der Waals surface area contributed by atoms with E-state index in [0.717, 1.165) is 19.4 Å². The zero-order valence-electron chi connectivity index (χ0n) is 16.4. The van der Waals surface area contributed by atoms with Gasteiger partial charge in [-0.1, -0.05) is 13.3 Å². The Morgan fingerprint density at radius 3 is 2.26 bits per heavy atom. The summed E-state index contributed by atoms with van der Waals surface area (Å²) in [6.45, 7) is 4.66. The van der Waals surface area contributed by atoms with E-state index in [1.165, 1.54) is 21.3 Å². The van der Waals surface area contributed by atoms with Gasteiger partial charge in [-0.15, -0.1) is 0 Å². The Kier molecular flexibility index (Phi) is 7.22. The number of rotatable bonds is 9. The fourth-order valence-corrected chi connectivity index (χ4v) is 2.52. The Balaban J connectivity index is 2.24. The number of ether oxygens (including phenoxy) is 3. The van der Waals surface area contributed by atoms with E-state index < -0.39 is 0 Å². The molecule has 8 heteroatoms. The topological polar surface area (TPSA) is 94.6 Å². The molecule has 1 amide bonds. The first-order chi connectivity index (χ1) is 13.0. The summed E-state index contributed by atoms with van der Waals surface area (Å²) in [6, 6.07) is 4.96. The highest BCUT2D eigenvalue weighted by Crippen LogP contribution is 2.40. The van der Waals surface area contributed by atoms with Crippen LogP contribution in [0.25, 0.3) is 0 Å². The first kappa shape index (κ1) is 20.3. The number of unbranched alkanes of at least 4 members (excludes halogenated alkanes) is 1. The zero-order valence-corrected chi connectivity index (χ0v) is 16.4. The van der Waals surface area contributed by atoms with Crippen LogP contribution in [-0.4, -0.2) is 43.7 Å². The van der Waals surface area contributed by atoms with Crippen LogP contribution < -0.4 is 24.8 Å². The lowest BCUT2D eigenvalue weighted by Crippen LogP contribution is -2.16. The van der Waals surface area contributed by atoms with Gasteiger partial charge in [0.2, 0.25) is 5.75 Å².